The smallest absolute Gasteiger partial charge is 0.258 e. The number of nitrogens with zero attached hydrogens (tertiary/aromatic N) is 2. The summed E-state index contributed by atoms with van der Waals surface area (Å²) >= 11 is 0. The molecule has 0 spiro atoms. The fraction of sp³-hybridized carbons (Fsp3) is 0.158. The van der Waals surface area contributed by atoms with Gasteiger partial charge in [-0.1, -0.05) is 37.3 Å². The molecule has 4 aromatic rings. The molecule has 1 atom stereocenters. The maximum absolute atomic E-state index is 12.5. The highest BCUT2D eigenvalue weighted by molar-refractivity contribution is 5.97. The van der Waals surface area contributed by atoms with Gasteiger partial charge in [0.15, 0.2) is 0 Å². The van der Waals surface area contributed by atoms with E-state index < -0.39 is 0 Å². The van der Waals surface area contributed by atoms with E-state index in [0.29, 0.717) is 11.8 Å². The minimum Gasteiger partial charge on any atom is -0.307 e. The van der Waals surface area contributed by atoms with Gasteiger partial charge >= 0.3 is 0 Å². The van der Waals surface area contributed by atoms with E-state index in [2.05, 4.69) is 15.5 Å². The van der Waals surface area contributed by atoms with Crippen LogP contribution in [-0.4, -0.2) is 9.38 Å². The van der Waals surface area contributed by atoms with Gasteiger partial charge in [-0.3, -0.25) is 9.20 Å². The molecule has 0 bridgehead atoms. The Morgan fingerprint density at radius 1 is 1.09 bits per heavy atom. The van der Waals surface area contributed by atoms with Crippen LogP contribution >= 0.6 is 0 Å². The summed E-state index contributed by atoms with van der Waals surface area (Å²) in [7, 11) is 0. The molecule has 0 aliphatic carbocycles. The second-order valence-electron chi connectivity index (χ2n) is 5.68. The topological polar surface area (TPSA) is 61.1 Å². The van der Waals surface area contributed by atoms with Crippen molar-refractivity contribution < 1.29 is 0 Å². The number of aromatic nitrogens is 2. The van der Waals surface area contributed by atoms with E-state index in [4.69, 9.17) is 0 Å². The molecule has 2 aromatic carbocycles. The predicted octanol–water partition coefficient (Wildman–Crippen LogP) is 3.95. The molecule has 0 aliphatic rings. The van der Waals surface area contributed by atoms with Crippen LogP contribution in [0.5, 0.6) is 0 Å². The molecular formula is C19H15N3O. The summed E-state index contributed by atoms with van der Waals surface area (Å²) in [5.41, 5.74) is 3.39. The Balaban J connectivity index is 2.34. The number of rotatable bonds is 2. The molecule has 4 nitrogen and oxygen atoms in total. The first-order valence-electron chi connectivity index (χ1n) is 7.70. The molecule has 0 saturated heterocycles. The number of nitrogens with one attached hydrogen (secondary N) is 1. The first-order valence-corrected chi connectivity index (χ1v) is 7.70. The Labute approximate surface area is 132 Å². The van der Waals surface area contributed by atoms with Gasteiger partial charge in [-0.05, 0) is 24.6 Å². The molecule has 1 N–H and O–H groups in total. The molecule has 23 heavy (non-hydrogen) atoms. The highest BCUT2D eigenvalue weighted by Gasteiger charge is 2.21. The molecule has 0 fully saturated rings. The summed E-state index contributed by atoms with van der Waals surface area (Å²) in [5, 5.41) is 11.2. The van der Waals surface area contributed by atoms with Gasteiger partial charge in [0.2, 0.25) is 0 Å². The number of aromatic amines is 1. The van der Waals surface area contributed by atoms with Crippen LogP contribution in [0.4, 0.5) is 0 Å². The third kappa shape index (κ3) is 1.80. The molecule has 0 radical (unpaired) electrons. The molecule has 0 saturated carbocycles. The second-order valence-corrected chi connectivity index (χ2v) is 5.68. The van der Waals surface area contributed by atoms with Crippen molar-refractivity contribution >= 4 is 27.5 Å². The van der Waals surface area contributed by atoms with Gasteiger partial charge in [0, 0.05) is 10.9 Å². The maximum Gasteiger partial charge on any atom is 0.258 e. The van der Waals surface area contributed by atoms with E-state index in [0.717, 1.165) is 27.6 Å². The number of nitriles is 1. The normalized spacial score (nSPS) is 12.7. The van der Waals surface area contributed by atoms with Gasteiger partial charge in [0.25, 0.3) is 5.56 Å². The van der Waals surface area contributed by atoms with Gasteiger partial charge in [0.1, 0.15) is 5.65 Å². The van der Waals surface area contributed by atoms with Gasteiger partial charge in [-0.2, -0.15) is 5.26 Å². The standard InChI is InChI=1S/C19H15N3O/c1-2-12(11-20)17-13-7-3-5-9-15(13)22-16-10-6-4-8-14(16)19(23)21-18(17)22/h3-10,12H,2H2,1H3,(H,21,23). The monoisotopic (exact) mass is 301 g/mol. The average molecular weight is 301 g/mol. The number of hydrogen-bond donors (Lipinski definition) is 1. The Morgan fingerprint density at radius 3 is 2.35 bits per heavy atom. The van der Waals surface area contributed by atoms with Crippen molar-refractivity contribution in [1.29, 1.82) is 5.26 Å². The highest BCUT2D eigenvalue weighted by Crippen LogP contribution is 2.34. The van der Waals surface area contributed by atoms with E-state index in [-0.39, 0.29) is 11.5 Å². The van der Waals surface area contributed by atoms with Crippen molar-refractivity contribution in [2.24, 2.45) is 0 Å². The van der Waals surface area contributed by atoms with Gasteiger partial charge in [-0.25, -0.2) is 0 Å². The van der Waals surface area contributed by atoms with E-state index in [1.54, 1.807) is 0 Å². The lowest BCUT2D eigenvalue weighted by atomic mass is 9.97. The molecule has 2 aromatic heterocycles. The van der Waals surface area contributed by atoms with Crippen LogP contribution in [0, 0.1) is 11.3 Å². The summed E-state index contributed by atoms with van der Waals surface area (Å²) in [5.74, 6) is -0.248. The zero-order valence-corrected chi connectivity index (χ0v) is 12.7. The van der Waals surface area contributed by atoms with Crippen LogP contribution in [0.3, 0.4) is 0 Å². The quantitative estimate of drug-likeness (QED) is 0.609. The number of benzene rings is 2. The Hall–Kier alpha value is -3.06. The maximum atomic E-state index is 12.5. The van der Waals surface area contributed by atoms with Crippen molar-refractivity contribution in [2.45, 2.75) is 19.3 Å². The fourth-order valence-corrected chi connectivity index (χ4v) is 3.39. The van der Waals surface area contributed by atoms with Crippen molar-refractivity contribution in [1.82, 2.24) is 9.38 Å². The minimum atomic E-state index is -0.248. The number of hydrogen-bond acceptors (Lipinski definition) is 2. The summed E-state index contributed by atoms with van der Waals surface area (Å²) in [6.45, 7) is 1.99. The first kappa shape index (κ1) is 13.6. The van der Waals surface area contributed by atoms with Crippen molar-refractivity contribution in [3.8, 4) is 6.07 Å². The summed E-state index contributed by atoms with van der Waals surface area (Å²) in [6.07, 6.45) is 0.703. The summed E-state index contributed by atoms with van der Waals surface area (Å²) in [4.78, 5) is 15.5. The molecule has 4 rings (SSSR count). The highest BCUT2D eigenvalue weighted by atomic mass is 16.1. The Kier molecular flexibility index (Phi) is 2.95. The fourth-order valence-electron chi connectivity index (χ4n) is 3.39. The van der Waals surface area contributed by atoms with Crippen molar-refractivity contribution in [3.05, 3.63) is 64.4 Å². The zero-order valence-electron chi connectivity index (χ0n) is 12.7. The van der Waals surface area contributed by atoms with Gasteiger partial charge in [0.05, 0.1) is 28.4 Å². The Bertz CT molecular complexity index is 1140. The van der Waals surface area contributed by atoms with Crippen LogP contribution in [0.25, 0.3) is 27.5 Å². The minimum absolute atomic E-state index is 0.120. The lowest BCUT2D eigenvalue weighted by Gasteiger charge is -2.07. The zero-order chi connectivity index (χ0) is 16.0. The van der Waals surface area contributed by atoms with Gasteiger partial charge < -0.3 is 4.98 Å². The van der Waals surface area contributed by atoms with Crippen molar-refractivity contribution in [2.75, 3.05) is 0 Å². The molecule has 112 valence electrons. The third-order valence-electron chi connectivity index (χ3n) is 4.45. The lowest BCUT2D eigenvalue weighted by molar-refractivity contribution is 0.827. The first-order chi connectivity index (χ1) is 11.3. The summed E-state index contributed by atoms with van der Waals surface area (Å²) in [6, 6.07) is 17.9. The molecule has 0 aliphatic heterocycles. The van der Waals surface area contributed by atoms with E-state index in [1.807, 2.05) is 55.5 Å². The van der Waals surface area contributed by atoms with Crippen LogP contribution in [0.2, 0.25) is 0 Å². The van der Waals surface area contributed by atoms with Crippen molar-refractivity contribution in [3.63, 3.8) is 0 Å². The van der Waals surface area contributed by atoms with Crippen LogP contribution < -0.4 is 5.56 Å². The third-order valence-corrected chi connectivity index (χ3v) is 4.45. The molecule has 4 heteroatoms. The SMILES string of the molecule is CCC(C#N)c1c2ccccc2n2c1[nH]c(=O)c1ccccc12. The molecular weight excluding hydrogens is 286 g/mol. The average Bonchev–Trinajstić information content (AvgIpc) is 2.91. The van der Waals surface area contributed by atoms with Crippen LogP contribution in [0.15, 0.2) is 53.3 Å². The number of para-hydroxylation sites is 2. The van der Waals surface area contributed by atoms with Crippen LogP contribution in [-0.2, 0) is 0 Å². The largest absolute Gasteiger partial charge is 0.307 e. The predicted molar refractivity (Wildman–Crippen MR) is 91.7 cm³/mol. The summed E-state index contributed by atoms with van der Waals surface area (Å²) < 4.78 is 2.06. The molecule has 0 amide bonds. The lowest BCUT2D eigenvalue weighted by Crippen LogP contribution is -2.10. The van der Waals surface area contributed by atoms with Crippen LogP contribution in [0.1, 0.15) is 24.8 Å². The van der Waals surface area contributed by atoms with Gasteiger partial charge in [-0.15, -0.1) is 0 Å². The van der Waals surface area contributed by atoms with E-state index >= 15 is 0 Å². The number of fused-ring (bicyclic) bond motifs is 5. The molecule has 2 heterocycles. The Morgan fingerprint density at radius 2 is 1.70 bits per heavy atom. The molecule has 1 unspecified atom stereocenters. The van der Waals surface area contributed by atoms with E-state index in [9.17, 15) is 10.1 Å². The number of H-pyrrole nitrogens is 1. The second kappa shape index (κ2) is 4.99. The van der Waals surface area contributed by atoms with E-state index in [1.165, 1.54) is 0 Å².